The molecule has 0 saturated carbocycles. The maximum Gasteiger partial charge on any atom is 0.303 e. The number of rotatable bonds is 64. The van der Waals surface area contributed by atoms with Gasteiger partial charge < -0.3 is 5.11 Å². The Hall–Kier alpha value is -0.530. The Morgan fingerprint density at radius 2 is 0.265 bits per heavy atom. The Morgan fingerprint density at radius 1 is 0.176 bits per heavy atom. The molecule has 0 rings (SSSR count). The van der Waals surface area contributed by atoms with Crippen molar-refractivity contribution >= 4 is 5.97 Å². The van der Waals surface area contributed by atoms with E-state index in [-0.39, 0.29) is 0 Å². The van der Waals surface area contributed by atoms with Gasteiger partial charge >= 0.3 is 5.97 Å². The van der Waals surface area contributed by atoms with Crippen LogP contribution in [0.1, 0.15) is 418 Å². The molecule has 0 radical (unpaired) electrons. The maximum absolute atomic E-state index is 10.5. The molecular weight excluding hydrogens is 825 g/mol. The first-order valence-electron chi connectivity index (χ1n) is 33.0. The summed E-state index contributed by atoms with van der Waals surface area (Å²) >= 11 is 0. The van der Waals surface area contributed by atoms with E-state index in [4.69, 9.17) is 5.11 Å². The lowest BCUT2D eigenvalue weighted by Gasteiger charge is -2.05. The van der Waals surface area contributed by atoms with E-state index in [0.717, 1.165) is 12.8 Å². The quantitative estimate of drug-likeness (QED) is 0.0617. The molecule has 0 atom stereocenters. The normalized spacial score (nSPS) is 11.7. The van der Waals surface area contributed by atoms with Gasteiger partial charge in [0.15, 0.2) is 0 Å². The molecule has 0 spiro atoms. The third-order valence-electron chi connectivity index (χ3n) is 16.0. The summed E-state index contributed by atoms with van der Waals surface area (Å²) in [6.07, 6.45) is 91.8. The van der Waals surface area contributed by atoms with Gasteiger partial charge in [0.2, 0.25) is 0 Å². The molecular formula is C66H132O2. The third kappa shape index (κ3) is 65.5. The first-order chi connectivity index (χ1) is 33.8. The number of hydrogen-bond acceptors (Lipinski definition) is 1. The van der Waals surface area contributed by atoms with Gasteiger partial charge in [0, 0.05) is 6.42 Å². The largest absolute Gasteiger partial charge is 0.481 e. The Morgan fingerprint density at radius 3 is 0.353 bits per heavy atom. The van der Waals surface area contributed by atoms with E-state index >= 15 is 0 Å². The van der Waals surface area contributed by atoms with E-state index < -0.39 is 5.97 Å². The van der Waals surface area contributed by atoms with Crippen molar-refractivity contribution in [2.75, 3.05) is 0 Å². The van der Waals surface area contributed by atoms with E-state index in [1.807, 2.05) is 0 Å². The first-order valence-corrected chi connectivity index (χ1v) is 33.0. The number of carbonyl (C=O) groups is 1. The van der Waals surface area contributed by atoms with Crippen LogP contribution in [0.3, 0.4) is 0 Å². The van der Waals surface area contributed by atoms with Gasteiger partial charge in [-0.2, -0.15) is 0 Å². The Kier molecular flexibility index (Phi) is 64.0. The molecule has 408 valence electrons. The highest BCUT2D eigenvalue weighted by Gasteiger charge is 2.01. The minimum Gasteiger partial charge on any atom is -0.481 e. The molecule has 0 aliphatic heterocycles. The summed E-state index contributed by atoms with van der Waals surface area (Å²) in [6, 6.07) is 0. The fourth-order valence-corrected chi connectivity index (χ4v) is 11.1. The zero-order valence-electron chi connectivity index (χ0n) is 47.6. The Balaban J connectivity index is 3.07. The Bertz CT molecular complexity index is 867. The summed E-state index contributed by atoms with van der Waals surface area (Å²) in [7, 11) is 0. The van der Waals surface area contributed by atoms with Crippen LogP contribution in [-0.4, -0.2) is 11.1 Å². The molecule has 0 amide bonds. The molecule has 0 aromatic heterocycles. The third-order valence-corrected chi connectivity index (χ3v) is 16.0. The van der Waals surface area contributed by atoms with Crippen LogP contribution in [0.4, 0.5) is 0 Å². The number of carboxylic acid groups (broad SMARTS) is 1. The summed E-state index contributed by atoms with van der Waals surface area (Å²) in [5.41, 5.74) is 0. The predicted octanol–water partition coefficient (Wildman–Crippen LogP) is 25.1. The highest BCUT2D eigenvalue weighted by atomic mass is 16.4. The number of unbranched alkanes of at least 4 members (excludes halogenated alkanes) is 62. The Labute approximate surface area is 431 Å². The number of carboxylic acids is 1. The minimum absolute atomic E-state index is 0.347. The second kappa shape index (κ2) is 64.5. The molecule has 0 fully saturated rings. The average molecular weight is 958 g/mol. The molecule has 2 nitrogen and oxygen atoms in total. The molecule has 0 bridgehead atoms. The van der Waals surface area contributed by atoms with Crippen LogP contribution in [0.5, 0.6) is 0 Å². The van der Waals surface area contributed by atoms with Crippen LogP contribution in [0.15, 0.2) is 0 Å². The molecule has 1 N–H and O–H groups in total. The van der Waals surface area contributed by atoms with Crippen molar-refractivity contribution in [1.82, 2.24) is 0 Å². The molecule has 0 aliphatic carbocycles. The molecule has 0 saturated heterocycles. The fourth-order valence-electron chi connectivity index (χ4n) is 11.1. The van der Waals surface area contributed by atoms with E-state index in [9.17, 15) is 4.79 Å². The van der Waals surface area contributed by atoms with Crippen molar-refractivity contribution in [3.63, 3.8) is 0 Å². The first kappa shape index (κ1) is 67.5. The molecule has 0 aliphatic rings. The van der Waals surface area contributed by atoms with Crippen LogP contribution in [0.25, 0.3) is 0 Å². The lowest BCUT2D eigenvalue weighted by atomic mass is 10.0. The summed E-state index contributed by atoms with van der Waals surface area (Å²) in [5.74, 6) is -0.645. The van der Waals surface area contributed by atoms with Gasteiger partial charge in [-0.05, 0) is 6.42 Å². The molecule has 68 heavy (non-hydrogen) atoms. The summed E-state index contributed by atoms with van der Waals surface area (Å²) < 4.78 is 0. The summed E-state index contributed by atoms with van der Waals surface area (Å²) in [5, 5.41) is 8.68. The van der Waals surface area contributed by atoms with Gasteiger partial charge in [-0.3, -0.25) is 4.79 Å². The molecule has 0 aromatic rings. The van der Waals surface area contributed by atoms with Gasteiger partial charge in [0.25, 0.3) is 0 Å². The maximum atomic E-state index is 10.5. The average Bonchev–Trinajstić information content (AvgIpc) is 3.34. The number of hydrogen-bond donors (Lipinski definition) is 1. The van der Waals surface area contributed by atoms with Gasteiger partial charge in [-0.1, -0.05) is 405 Å². The van der Waals surface area contributed by atoms with Crippen LogP contribution in [0.2, 0.25) is 0 Å². The van der Waals surface area contributed by atoms with Crippen molar-refractivity contribution in [3.8, 4) is 0 Å². The summed E-state index contributed by atoms with van der Waals surface area (Å²) in [4.78, 5) is 10.5. The van der Waals surface area contributed by atoms with E-state index in [1.54, 1.807) is 0 Å². The van der Waals surface area contributed by atoms with E-state index in [1.165, 1.54) is 392 Å². The predicted molar refractivity (Wildman–Crippen MR) is 309 cm³/mol. The zero-order chi connectivity index (χ0) is 48.8. The lowest BCUT2D eigenvalue weighted by Crippen LogP contribution is -1.93. The second-order valence-electron chi connectivity index (χ2n) is 23.1. The smallest absolute Gasteiger partial charge is 0.303 e. The zero-order valence-corrected chi connectivity index (χ0v) is 47.6. The SMILES string of the molecule is CCCCCCCCCCCCCCCCCCCCCCCCCCCCCCCCCCCCCCCCCCCCCCCCCCCCCCCCCCCCCCCCCC(=O)O. The van der Waals surface area contributed by atoms with E-state index in [0.29, 0.717) is 6.42 Å². The van der Waals surface area contributed by atoms with Crippen LogP contribution in [0, 0.1) is 0 Å². The van der Waals surface area contributed by atoms with Gasteiger partial charge in [-0.25, -0.2) is 0 Å². The van der Waals surface area contributed by atoms with Gasteiger partial charge in [0.05, 0.1) is 0 Å². The van der Waals surface area contributed by atoms with Crippen LogP contribution >= 0.6 is 0 Å². The molecule has 0 aromatic carbocycles. The number of aliphatic carboxylic acids is 1. The van der Waals surface area contributed by atoms with Crippen LogP contribution in [-0.2, 0) is 4.79 Å². The topological polar surface area (TPSA) is 37.3 Å². The second-order valence-corrected chi connectivity index (χ2v) is 23.1. The monoisotopic (exact) mass is 957 g/mol. The summed E-state index contributed by atoms with van der Waals surface area (Å²) in [6.45, 7) is 2.31. The fraction of sp³-hybridized carbons (Fsp3) is 0.985. The lowest BCUT2D eigenvalue weighted by molar-refractivity contribution is -0.137. The van der Waals surface area contributed by atoms with Crippen molar-refractivity contribution in [1.29, 1.82) is 0 Å². The highest BCUT2D eigenvalue weighted by Crippen LogP contribution is 2.20. The van der Waals surface area contributed by atoms with Crippen molar-refractivity contribution < 1.29 is 9.90 Å². The van der Waals surface area contributed by atoms with Crippen LogP contribution < -0.4 is 0 Å². The van der Waals surface area contributed by atoms with Crippen molar-refractivity contribution in [2.45, 2.75) is 418 Å². The van der Waals surface area contributed by atoms with E-state index in [2.05, 4.69) is 6.92 Å². The molecule has 0 unspecified atom stereocenters. The van der Waals surface area contributed by atoms with Crippen molar-refractivity contribution in [2.24, 2.45) is 0 Å². The van der Waals surface area contributed by atoms with Gasteiger partial charge in [-0.15, -0.1) is 0 Å². The standard InChI is InChI=1S/C66H132O2/c1-2-3-4-5-6-7-8-9-10-11-12-13-14-15-16-17-18-19-20-21-22-23-24-25-26-27-28-29-30-31-32-33-34-35-36-37-38-39-40-41-42-43-44-45-46-47-48-49-50-51-52-53-54-55-56-57-58-59-60-61-62-63-64-65-66(67)68/h2-65H2,1H3,(H,67,68). The minimum atomic E-state index is -0.645. The van der Waals surface area contributed by atoms with Gasteiger partial charge in [0.1, 0.15) is 0 Å². The van der Waals surface area contributed by atoms with Crippen molar-refractivity contribution in [3.05, 3.63) is 0 Å². The molecule has 0 heterocycles. The molecule has 2 heteroatoms. The highest BCUT2D eigenvalue weighted by molar-refractivity contribution is 5.66.